The highest BCUT2D eigenvalue weighted by Crippen LogP contribution is 2.27. The molecule has 5 heteroatoms. The van der Waals surface area contributed by atoms with E-state index in [9.17, 15) is 4.79 Å². The summed E-state index contributed by atoms with van der Waals surface area (Å²) in [4.78, 5) is 10.9. The van der Waals surface area contributed by atoms with E-state index < -0.39 is 18.6 Å². The monoisotopic (exact) mass is 437 g/mol. The van der Waals surface area contributed by atoms with E-state index in [1.165, 1.54) is 16.7 Å². The van der Waals surface area contributed by atoms with Gasteiger partial charge in [-0.3, -0.25) is 10.1 Å². The highest BCUT2D eigenvalue weighted by atomic mass is 35.5. The second-order valence-electron chi connectivity index (χ2n) is 7.23. The molecule has 2 aromatic carbocycles. The van der Waals surface area contributed by atoms with Crippen molar-refractivity contribution in [3.05, 3.63) is 101 Å². The van der Waals surface area contributed by atoms with Gasteiger partial charge in [-0.1, -0.05) is 90.5 Å². The number of aliphatic hydroxyl groups excluding tert-OH is 1. The molecule has 31 heavy (non-hydrogen) atoms. The van der Waals surface area contributed by atoms with Crippen LogP contribution in [0.5, 0.6) is 0 Å². The molecule has 2 aromatic rings. The van der Waals surface area contributed by atoms with Gasteiger partial charge in [0.2, 0.25) is 0 Å². The van der Waals surface area contributed by atoms with Crippen LogP contribution in [-0.4, -0.2) is 35.4 Å². The van der Waals surface area contributed by atoms with Gasteiger partial charge in [-0.15, -0.1) is 0 Å². The highest BCUT2D eigenvalue weighted by Gasteiger charge is 2.14. The minimum absolute atomic E-state index is 0.325. The summed E-state index contributed by atoms with van der Waals surface area (Å²) in [5, 5.41) is 21.2. The number of hydrogen-bond acceptors (Lipinski definition) is 3. The first-order valence-corrected chi connectivity index (χ1v) is 10.3. The smallest absolute Gasteiger partial charge is 0.323 e. The summed E-state index contributed by atoms with van der Waals surface area (Å²) in [6.07, 6.45) is 7.40. The van der Waals surface area contributed by atoms with Gasteiger partial charge in [-0.05, 0) is 47.8 Å². The van der Waals surface area contributed by atoms with Crippen LogP contribution in [-0.2, 0) is 4.79 Å². The van der Waals surface area contributed by atoms with E-state index in [0.29, 0.717) is 17.2 Å². The van der Waals surface area contributed by atoms with Crippen LogP contribution in [0, 0.1) is 6.92 Å². The lowest BCUT2D eigenvalue weighted by Gasteiger charge is -2.11. The first-order chi connectivity index (χ1) is 14.8. The van der Waals surface area contributed by atoms with Crippen LogP contribution in [0.25, 0.3) is 17.2 Å². The third kappa shape index (κ3) is 7.37. The number of carboxylic acid groups (broad SMARTS) is 1. The Kier molecular flexibility index (Phi) is 9.47. The van der Waals surface area contributed by atoms with Crippen molar-refractivity contribution >= 4 is 23.6 Å². The SMILES string of the molecule is C=C(/C=C/c1cccc(-c2ccccc2)c1C)/C(Cl)=C\C=C(/C)CN[C@H](CO)C(=O)O. The van der Waals surface area contributed by atoms with Crippen LogP contribution in [0.2, 0.25) is 0 Å². The Balaban J connectivity index is 2.06. The minimum Gasteiger partial charge on any atom is -0.480 e. The molecule has 0 amide bonds. The van der Waals surface area contributed by atoms with Gasteiger partial charge >= 0.3 is 5.97 Å². The summed E-state index contributed by atoms with van der Waals surface area (Å²) in [5.41, 5.74) is 6.17. The number of benzene rings is 2. The fourth-order valence-corrected chi connectivity index (χ4v) is 3.06. The van der Waals surface area contributed by atoms with Crippen molar-refractivity contribution in [2.75, 3.05) is 13.2 Å². The zero-order chi connectivity index (χ0) is 22.8. The van der Waals surface area contributed by atoms with Crippen LogP contribution in [0.15, 0.2) is 89.5 Å². The molecule has 0 spiro atoms. The molecule has 0 fully saturated rings. The van der Waals surface area contributed by atoms with Gasteiger partial charge in [-0.25, -0.2) is 0 Å². The molecule has 0 aliphatic carbocycles. The maximum absolute atomic E-state index is 10.9. The normalized spacial score (nSPS) is 13.4. The lowest BCUT2D eigenvalue weighted by atomic mass is 9.96. The predicted octanol–water partition coefficient (Wildman–Crippen LogP) is 5.34. The van der Waals surface area contributed by atoms with Crippen molar-refractivity contribution in [2.24, 2.45) is 0 Å². The van der Waals surface area contributed by atoms with E-state index in [1.807, 2.05) is 43.3 Å². The molecule has 0 bridgehead atoms. The van der Waals surface area contributed by atoms with Crippen LogP contribution in [0.4, 0.5) is 0 Å². The average Bonchev–Trinajstić information content (AvgIpc) is 2.77. The van der Waals surface area contributed by atoms with E-state index in [0.717, 1.165) is 11.1 Å². The van der Waals surface area contributed by atoms with Gasteiger partial charge in [0.1, 0.15) is 6.04 Å². The summed E-state index contributed by atoms with van der Waals surface area (Å²) < 4.78 is 0. The van der Waals surface area contributed by atoms with E-state index in [-0.39, 0.29) is 0 Å². The summed E-state index contributed by atoms with van der Waals surface area (Å²) >= 11 is 6.36. The van der Waals surface area contributed by atoms with Crippen molar-refractivity contribution in [3.63, 3.8) is 0 Å². The topological polar surface area (TPSA) is 69.6 Å². The van der Waals surface area contributed by atoms with E-state index in [4.69, 9.17) is 21.8 Å². The Morgan fingerprint density at radius 3 is 2.52 bits per heavy atom. The largest absolute Gasteiger partial charge is 0.480 e. The maximum Gasteiger partial charge on any atom is 0.323 e. The molecule has 4 nitrogen and oxygen atoms in total. The third-order valence-corrected chi connectivity index (χ3v) is 5.22. The number of halogens is 1. The second-order valence-corrected chi connectivity index (χ2v) is 7.63. The number of nitrogens with one attached hydrogen (secondary N) is 1. The van der Waals surface area contributed by atoms with E-state index in [1.54, 1.807) is 12.2 Å². The molecule has 162 valence electrons. The van der Waals surface area contributed by atoms with Gasteiger partial charge in [0.25, 0.3) is 0 Å². The Hall–Kier alpha value is -2.92. The number of carbonyl (C=O) groups is 1. The first kappa shape index (κ1) is 24.4. The predicted molar refractivity (Wildman–Crippen MR) is 129 cm³/mol. The molecule has 0 heterocycles. The van der Waals surface area contributed by atoms with Crippen molar-refractivity contribution in [1.29, 1.82) is 0 Å². The molecular weight excluding hydrogens is 410 g/mol. The Bertz CT molecular complexity index is 1010. The minimum atomic E-state index is -1.09. The number of aliphatic hydroxyl groups is 1. The zero-order valence-corrected chi connectivity index (χ0v) is 18.6. The number of hydrogen-bond donors (Lipinski definition) is 3. The van der Waals surface area contributed by atoms with Crippen LogP contribution < -0.4 is 5.32 Å². The average molecular weight is 438 g/mol. The van der Waals surface area contributed by atoms with E-state index in [2.05, 4.69) is 43.1 Å². The van der Waals surface area contributed by atoms with Gasteiger partial charge in [-0.2, -0.15) is 0 Å². The molecular formula is C26H28ClNO3. The van der Waals surface area contributed by atoms with Crippen molar-refractivity contribution < 1.29 is 15.0 Å². The Labute approximate surface area is 188 Å². The number of aliphatic carboxylic acids is 1. The summed E-state index contributed by atoms with van der Waals surface area (Å²) in [7, 11) is 0. The number of rotatable bonds is 10. The lowest BCUT2D eigenvalue weighted by molar-refractivity contribution is -0.140. The van der Waals surface area contributed by atoms with Crippen molar-refractivity contribution in [1.82, 2.24) is 5.32 Å². The summed E-state index contributed by atoms with van der Waals surface area (Å²) in [5.74, 6) is -1.09. The molecule has 1 atom stereocenters. The molecule has 0 unspecified atom stereocenters. The highest BCUT2D eigenvalue weighted by molar-refractivity contribution is 6.32. The lowest BCUT2D eigenvalue weighted by Crippen LogP contribution is -2.40. The van der Waals surface area contributed by atoms with Crippen molar-refractivity contribution in [2.45, 2.75) is 19.9 Å². The number of allylic oxidation sites excluding steroid dienone is 5. The molecule has 0 aromatic heterocycles. The van der Waals surface area contributed by atoms with E-state index >= 15 is 0 Å². The summed E-state index contributed by atoms with van der Waals surface area (Å²) in [6, 6.07) is 15.5. The van der Waals surface area contributed by atoms with Gasteiger partial charge in [0.05, 0.1) is 6.61 Å². The summed E-state index contributed by atoms with van der Waals surface area (Å²) in [6.45, 7) is 7.83. The molecule has 3 N–H and O–H groups in total. The second kappa shape index (κ2) is 12.1. The standard InChI is InChI=1S/C26H28ClNO3/c1-18(16-28-25(17-29)26(30)31)12-15-24(27)19(2)13-14-21-10-7-11-23(20(21)3)22-8-5-4-6-9-22/h4-15,25,28-29H,2,16-17H2,1,3H3,(H,30,31)/b14-13+,18-12+,24-15+/t25-/m1/s1. The van der Waals surface area contributed by atoms with Gasteiger partial charge in [0.15, 0.2) is 0 Å². The molecule has 0 aliphatic rings. The molecule has 0 radical (unpaired) electrons. The molecule has 0 aliphatic heterocycles. The zero-order valence-electron chi connectivity index (χ0n) is 17.8. The Morgan fingerprint density at radius 2 is 1.87 bits per heavy atom. The Morgan fingerprint density at radius 1 is 1.16 bits per heavy atom. The van der Waals surface area contributed by atoms with Crippen LogP contribution in [0.1, 0.15) is 18.1 Å². The van der Waals surface area contributed by atoms with Crippen LogP contribution in [0.3, 0.4) is 0 Å². The van der Waals surface area contributed by atoms with Crippen LogP contribution >= 0.6 is 11.6 Å². The fourth-order valence-electron chi connectivity index (χ4n) is 2.93. The van der Waals surface area contributed by atoms with Gasteiger partial charge in [0, 0.05) is 11.6 Å². The number of carboxylic acids is 1. The molecule has 0 saturated carbocycles. The first-order valence-electron chi connectivity index (χ1n) is 9.96. The fraction of sp³-hybridized carbons (Fsp3) is 0.192. The third-order valence-electron chi connectivity index (χ3n) is 4.85. The quantitative estimate of drug-likeness (QED) is 0.439. The molecule has 2 rings (SSSR count). The van der Waals surface area contributed by atoms with Crippen molar-refractivity contribution in [3.8, 4) is 11.1 Å². The van der Waals surface area contributed by atoms with Gasteiger partial charge < -0.3 is 10.2 Å². The maximum atomic E-state index is 10.9. The molecule has 0 saturated heterocycles.